The quantitative estimate of drug-likeness (QED) is 0.424. The maximum Gasteiger partial charge on any atom is 0.343 e. The van der Waals surface area contributed by atoms with Gasteiger partial charge in [0.25, 0.3) is 0 Å². The maximum atomic E-state index is 12.6. The van der Waals surface area contributed by atoms with E-state index in [-0.39, 0.29) is 18.2 Å². The molecule has 1 fully saturated rings. The molecule has 3 aromatic rings. The largest absolute Gasteiger partial charge is 0.490 e. The fourth-order valence-corrected chi connectivity index (χ4v) is 4.36. The van der Waals surface area contributed by atoms with E-state index in [0.717, 1.165) is 47.9 Å². The number of benzene rings is 2. The minimum atomic E-state index is -0.636. The van der Waals surface area contributed by atoms with E-state index >= 15 is 0 Å². The average Bonchev–Trinajstić information content (AvgIpc) is 3.28. The number of fused-ring (bicyclic) bond motifs is 1. The van der Waals surface area contributed by atoms with Crippen LogP contribution >= 0.6 is 0 Å². The summed E-state index contributed by atoms with van der Waals surface area (Å²) in [7, 11) is 0. The topological polar surface area (TPSA) is 68.9 Å². The van der Waals surface area contributed by atoms with Gasteiger partial charge in [-0.05, 0) is 62.8 Å². The third-order valence-corrected chi connectivity index (χ3v) is 5.98. The molecule has 1 heterocycles. The first-order chi connectivity index (χ1) is 15.6. The highest BCUT2D eigenvalue weighted by Gasteiger charge is 2.21. The Bertz CT molecular complexity index is 1110. The van der Waals surface area contributed by atoms with E-state index in [2.05, 4.69) is 6.92 Å². The lowest BCUT2D eigenvalue weighted by Gasteiger charge is -2.19. The van der Waals surface area contributed by atoms with Crippen molar-refractivity contribution in [1.29, 1.82) is 0 Å². The Balaban J connectivity index is 1.82. The third kappa shape index (κ3) is 4.99. The zero-order valence-corrected chi connectivity index (χ0v) is 18.9. The van der Waals surface area contributed by atoms with Gasteiger partial charge in [-0.3, -0.25) is 0 Å². The van der Waals surface area contributed by atoms with E-state index in [9.17, 15) is 9.90 Å². The molecular weight excluding hydrogens is 404 g/mol. The Morgan fingerprint density at radius 2 is 1.84 bits per heavy atom. The lowest BCUT2D eigenvalue weighted by atomic mass is 9.96. The molecule has 0 bridgehead atoms. The van der Waals surface area contributed by atoms with Gasteiger partial charge in [0.2, 0.25) is 0 Å². The molecule has 5 nitrogen and oxygen atoms in total. The maximum absolute atomic E-state index is 12.6. The first-order valence-corrected chi connectivity index (χ1v) is 11.7. The molecular formula is C27H32O5. The van der Waals surface area contributed by atoms with Gasteiger partial charge in [0.05, 0.1) is 24.2 Å². The molecule has 170 valence electrons. The molecule has 1 aromatic heterocycles. The molecule has 0 saturated heterocycles. The van der Waals surface area contributed by atoms with Gasteiger partial charge in [0, 0.05) is 17.4 Å². The van der Waals surface area contributed by atoms with Gasteiger partial charge in [0.15, 0.2) is 11.5 Å². The molecule has 0 amide bonds. The summed E-state index contributed by atoms with van der Waals surface area (Å²) in [5.41, 5.74) is 1.31. The minimum Gasteiger partial charge on any atom is -0.490 e. The molecule has 1 N–H and O–H groups in total. The fraction of sp³-hybridized carbons (Fsp3) is 0.444. The number of rotatable bonds is 9. The van der Waals surface area contributed by atoms with Crippen LogP contribution in [0.3, 0.4) is 0 Å². The van der Waals surface area contributed by atoms with Crippen molar-refractivity contribution in [3.05, 3.63) is 58.6 Å². The molecule has 0 radical (unpaired) electrons. The normalized spacial score (nSPS) is 15.2. The van der Waals surface area contributed by atoms with Crippen molar-refractivity contribution >= 4 is 10.8 Å². The summed E-state index contributed by atoms with van der Waals surface area (Å²) in [4.78, 5) is 12.6. The zero-order chi connectivity index (χ0) is 22.5. The first kappa shape index (κ1) is 22.4. The zero-order valence-electron chi connectivity index (χ0n) is 18.9. The van der Waals surface area contributed by atoms with Gasteiger partial charge >= 0.3 is 5.63 Å². The van der Waals surface area contributed by atoms with E-state index in [1.807, 2.05) is 36.4 Å². The Morgan fingerprint density at radius 1 is 1.09 bits per heavy atom. The van der Waals surface area contributed by atoms with Crippen LogP contribution in [0.2, 0.25) is 0 Å². The number of hydrogen-bond donors (Lipinski definition) is 1. The summed E-state index contributed by atoms with van der Waals surface area (Å²) >= 11 is 0. The second-order valence-electron chi connectivity index (χ2n) is 8.67. The molecule has 1 unspecified atom stereocenters. The van der Waals surface area contributed by atoms with E-state index < -0.39 is 6.10 Å². The van der Waals surface area contributed by atoms with Crippen LogP contribution in [0.25, 0.3) is 21.9 Å². The Hall–Kier alpha value is -2.79. The number of aliphatic hydroxyl groups excluding tert-OH is 1. The third-order valence-electron chi connectivity index (χ3n) is 5.98. The van der Waals surface area contributed by atoms with Crippen LogP contribution in [0.4, 0.5) is 0 Å². The van der Waals surface area contributed by atoms with Crippen molar-refractivity contribution in [3.63, 3.8) is 0 Å². The van der Waals surface area contributed by atoms with E-state index in [4.69, 9.17) is 13.9 Å². The van der Waals surface area contributed by atoms with Crippen LogP contribution in [-0.4, -0.2) is 23.9 Å². The molecule has 5 heteroatoms. The molecule has 1 atom stereocenters. The monoisotopic (exact) mass is 436 g/mol. The van der Waals surface area contributed by atoms with E-state index in [1.165, 1.54) is 12.8 Å². The Kier molecular flexibility index (Phi) is 7.15. The highest BCUT2D eigenvalue weighted by Crippen LogP contribution is 2.39. The van der Waals surface area contributed by atoms with Gasteiger partial charge in [-0.25, -0.2) is 4.79 Å². The Labute approximate surface area is 189 Å². The van der Waals surface area contributed by atoms with Gasteiger partial charge in [-0.2, -0.15) is 0 Å². The second kappa shape index (κ2) is 10.2. The van der Waals surface area contributed by atoms with Crippen LogP contribution in [0.5, 0.6) is 11.5 Å². The highest BCUT2D eigenvalue weighted by atomic mass is 16.5. The first-order valence-electron chi connectivity index (χ1n) is 11.7. The summed E-state index contributed by atoms with van der Waals surface area (Å²) in [5.74, 6) is 1.95. The lowest BCUT2D eigenvalue weighted by molar-refractivity contribution is 0.186. The van der Waals surface area contributed by atoms with E-state index in [1.54, 1.807) is 13.0 Å². The fourth-order valence-electron chi connectivity index (χ4n) is 4.36. The summed E-state index contributed by atoms with van der Waals surface area (Å²) in [6.07, 6.45) is 6.40. The minimum absolute atomic E-state index is 0.232. The summed E-state index contributed by atoms with van der Waals surface area (Å²) < 4.78 is 18.1. The predicted octanol–water partition coefficient (Wildman–Crippen LogP) is 5.88. The van der Waals surface area contributed by atoms with Crippen LogP contribution in [0.15, 0.2) is 51.7 Å². The lowest BCUT2D eigenvalue weighted by Crippen LogP contribution is -2.12. The van der Waals surface area contributed by atoms with Gasteiger partial charge in [-0.1, -0.05) is 37.6 Å². The van der Waals surface area contributed by atoms with Gasteiger partial charge in [-0.15, -0.1) is 0 Å². The van der Waals surface area contributed by atoms with Crippen LogP contribution < -0.4 is 15.1 Å². The standard InChI is InChI=1S/C27H32O5/c1-3-4-15-30-24-17-19(13-14-23(24)31-20-9-5-6-10-20)26-21-11-7-8-12-22(21)27(29)32-25(26)16-18(2)28/h7-8,11-14,17-18,20,28H,3-6,9-10,15-16H2,1-2H3. The van der Waals surface area contributed by atoms with Gasteiger partial charge < -0.3 is 19.0 Å². The number of unbranched alkanes of at least 4 members (excludes halogenated alkanes) is 1. The van der Waals surface area contributed by atoms with Crippen molar-refractivity contribution in [2.75, 3.05) is 6.61 Å². The summed E-state index contributed by atoms with van der Waals surface area (Å²) in [6.45, 7) is 4.44. The number of ether oxygens (including phenoxy) is 2. The average molecular weight is 437 g/mol. The molecule has 2 aromatic carbocycles. The molecule has 0 spiro atoms. The van der Waals surface area contributed by atoms with Crippen LogP contribution in [0, 0.1) is 0 Å². The molecule has 1 aliphatic carbocycles. The SMILES string of the molecule is CCCCOc1cc(-c2c(CC(C)O)oc(=O)c3ccccc23)ccc1OC1CCCC1. The molecule has 32 heavy (non-hydrogen) atoms. The highest BCUT2D eigenvalue weighted by molar-refractivity contribution is 5.97. The van der Waals surface area contributed by atoms with E-state index in [0.29, 0.717) is 23.5 Å². The summed E-state index contributed by atoms with van der Waals surface area (Å²) in [6, 6.07) is 13.4. The number of aliphatic hydroxyl groups is 1. The molecule has 4 rings (SSSR count). The Morgan fingerprint density at radius 3 is 2.56 bits per heavy atom. The summed E-state index contributed by atoms with van der Waals surface area (Å²) in [5, 5.41) is 11.4. The van der Waals surface area contributed by atoms with Crippen molar-refractivity contribution in [2.45, 2.75) is 71.0 Å². The van der Waals surface area contributed by atoms with Crippen molar-refractivity contribution in [3.8, 4) is 22.6 Å². The van der Waals surface area contributed by atoms with Crippen LogP contribution in [0.1, 0.15) is 58.1 Å². The number of hydrogen-bond acceptors (Lipinski definition) is 5. The van der Waals surface area contributed by atoms with Crippen LogP contribution in [-0.2, 0) is 6.42 Å². The van der Waals surface area contributed by atoms with Gasteiger partial charge in [0.1, 0.15) is 5.76 Å². The predicted molar refractivity (Wildman–Crippen MR) is 127 cm³/mol. The molecule has 1 saturated carbocycles. The molecule has 0 aliphatic heterocycles. The smallest absolute Gasteiger partial charge is 0.343 e. The van der Waals surface area contributed by atoms with Crippen molar-refractivity contribution in [1.82, 2.24) is 0 Å². The second-order valence-corrected chi connectivity index (χ2v) is 8.67. The van der Waals surface area contributed by atoms with Crippen molar-refractivity contribution in [2.24, 2.45) is 0 Å². The van der Waals surface area contributed by atoms with Crippen molar-refractivity contribution < 1.29 is 19.0 Å². The molecule has 1 aliphatic rings.